The maximum atomic E-state index is 13.7. The lowest BCUT2D eigenvalue weighted by Crippen LogP contribution is -2.49. The van der Waals surface area contributed by atoms with E-state index >= 15 is 0 Å². The van der Waals surface area contributed by atoms with Gasteiger partial charge < -0.3 is 14.6 Å². The van der Waals surface area contributed by atoms with E-state index in [0.717, 1.165) is 30.1 Å². The normalized spacial score (nSPS) is 14.7. The van der Waals surface area contributed by atoms with E-state index in [2.05, 4.69) is 15.2 Å². The number of carbonyl (C=O) groups excluding carboxylic acids is 1. The Morgan fingerprint density at radius 3 is 2.53 bits per heavy atom. The molecule has 0 bridgehead atoms. The van der Waals surface area contributed by atoms with E-state index in [9.17, 15) is 9.18 Å². The van der Waals surface area contributed by atoms with Gasteiger partial charge in [-0.3, -0.25) is 4.90 Å². The molecule has 2 heterocycles. The molecule has 2 amide bonds. The summed E-state index contributed by atoms with van der Waals surface area (Å²) in [4.78, 5) is 21.2. The second-order valence-corrected chi connectivity index (χ2v) is 7.55. The highest BCUT2D eigenvalue weighted by atomic mass is 19.1. The molecule has 30 heavy (non-hydrogen) atoms. The van der Waals surface area contributed by atoms with Crippen molar-refractivity contribution in [2.24, 2.45) is 0 Å². The first-order chi connectivity index (χ1) is 14.5. The molecule has 156 valence electrons. The first-order valence-corrected chi connectivity index (χ1v) is 10.1. The summed E-state index contributed by atoms with van der Waals surface area (Å²) in [5.41, 5.74) is 2.90. The minimum absolute atomic E-state index is 0.207. The zero-order valence-electron chi connectivity index (χ0n) is 17.2. The third kappa shape index (κ3) is 4.52. The van der Waals surface area contributed by atoms with E-state index in [1.165, 1.54) is 6.07 Å². The van der Waals surface area contributed by atoms with Crippen LogP contribution >= 0.6 is 0 Å². The molecule has 1 aliphatic heterocycles. The first kappa shape index (κ1) is 20.1. The molecule has 6 nitrogen and oxygen atoms in total. The van der Waals surface area contributed by atoms with Crippen LogP contribution in [0.25, 0.3) is 11.5 Å². The Kier molecular flexibility index (Phi) is 5.81. The molecule has 0 spiro atoms. The molecule has 0 unspecified atom stereocenters. The Morgan fingerprint density at radius 2 is 1.83 bits per heavy atom. The highest BCUT2D eigenvalue weighted by molar-refractivity contribution is 5.89. The Labute approximate surface area is 175 Å². The van der Waals surface area contributed by atoms with Crippen molar-refractivity contribution in [2.45, 2.75) is 20.4 Å². The van der Waals surface area contributed by atoms with E-state index in [-0.39, 0.29) is 11.8 Å². The second-order valence-electron chi connectivity index (χ2n) is 7.55. The second kappa shape index (κ2) is 8.67. The molecule has 1 saturated heterocycles. The zero-order chi connectivity index (χ0) is 21.1. The summed E-state index contributed by atoms with van der Waals surface area (Å²) in [5, 5.41) is 2.78. The predicted molar refractivity (Wildman–Crippen MR) is 114 cm³/mol. The van der Waals surface area contributed by atoms with Crippen molar-refractivity contribution in [3.05, 3.63) is 71.4 Å². The summed E-state index contributed by atoms with van der Waals surface area (Å²) in [6.45, 7) is 6.98. The smallest absolute Gasteiger partial charge is 0.321 e. The van der Waals surface area contributed by atoms with Gasteiger partial charge in [-0.2, -0.15) is 0 Å². The van der Waals surface area contributed by atoms with Gasteiger partial charge in [0.05, 0.1) is 5.69 Å². The molecule has 1 aromatic heterocycles. The van der Waals surface area contributed by atoms with Crippen molar-refractivity contribution in [2.75, 3.05) is 31.5 Å². The van der Waals surface area contributed by atoms with Gasteiger partial charge in [-0.15, -0.1) is 0 Å². The molecule has 0 atom stereocenters. The minimum Gasteiger partial charge on any atom is -0.441 e. The highest BCUT2D eigenvalue weighted by Crippen LogP contribution is 2.22. The third-order valence-corrected chi connectivity index (χ3v) is 5.37. The van der Waals surface area contributed by atoms with Crippen LogP contribution in [0.15, 0.2) is 52.9 Å². The summed E-state index contributed by atoms with van der Waals surface area (Å²) in [6.07, 6.45) is 0. The Morgan fingerprint density at radius 1 is 1.10 bits per heavy atom. The number of nitrogens with zero attached hydrogens (tertiary/aromatic N) is 3. The quantitative estimate of drug-likeness (QED) is 0.693. The minimum atomic E-state index is -0.324. The van der Waals surface area contributed by atoms with Crippen LogP contribution in [0, 0.1) is 19.7 Å². The number of halogens is 1. The molecule has 3 aromatic rings. The third-order valence-electron chi connectivity index (χ3n) is 5.37. The number of anilines is 1. The number of oxazole rings is 1. The van der Waals surface area contributed by atoms with Crippen molar-refractivity contribution in [1.82, 2.24) is 14.8 Å². The molecule has 2 aromatic carbocycles. The fraction of sp³-hybridized carbons (Fsp3) is 0.304. The van der Waals surface area contributed by atoms with Gasteiger partial charge in [0.1, 0.15) is 11.6 Å². The van der Waals surface area contributed by atoms with E-state index in [1.54, 1.807) is 24.0 Å². The van der Waals surface area contributed by atoms with Crippen LogP contribution in [-0.2, 0) is 6.54 Å². The highest BCUT2D eigenvalue weighted by Gasteiger charge is 2.23. The number of hydrogen-bond acceptors (Lipinski definition) is 4. The van der Waals surface area contributed by atoms with Gasteiger partial charge in [-0.05, 0) is 43.7 Å². The molecular formula is C23H25FN4O2. The number of urea groups is 1. The number of amides is 2. The monoisotopic (exact) mass is 408 g/mol. The number of rotatable bonds is 4. The van der Waals surface area contributed by atoms with Gasteiger partial charge in [-0.1, -0.05) is 24.3 Å². The maximum Gasteiger partial charge on any atom is 0.321 e. The summed E-state index contributed by atoms with van der Waals surface area (Å²) < 4.78 is 19.5. The number of nitrogens with one attached hydrogen (secondary N) is 1. The molecule has 0 aliphatic carbocycles. The van der Waals surface area contributed by atoms with Crippen LogP contribution in [0.1, 0.15) is 17.0 Å². The van der Waals surface area contributed by atoms with Gasteiger partial charge in [0, 0.05) is 44.0 Å². The summed E-state index contributed by atoms with van der Waals surface area (Å²) in [6, 6.07) is 14.4. The number of carbonyl (C=O) groups is 1. The lowest BCUT2D eigenvalue weighted by Gasteiger charge is -2.34. The number of aromatic nitrogens is 1. The molecule has 4 rings (SSSR count). The SMILES string of the molecule is Cc1ccc(NC(=O)N2CCN(Cc3nc(-c4ccccc4)oc3C)CC2)cc1F. The van der Waals surface area contributed by atoms with Crippen LogP contribution in [0.2, 0.25) is 0 Å². The first-order valence-electron chi connectivity index (χ1n) is 10.1. The Bertz CT molecular complexity index is 1030. The number of piperazine rings is 1. The van der Waals surface area contributed by atoms with Gasteiger partial charge >= 0.3 is 6.03 Å². The van der Waals surface area contributed by atoms with Crippen LogP contribution in [0.3, 0.4) is 0 Å². The topological polar surface area (TPSA) is 61.6 Å². The molecule has 1 N–H and O–H groups in total. The lowest BCUT2D eigenvalue weighted by atomic mass is 10.2. The zero-order valence-corrected chi connectivity index (χ0v) is 17.2. The van der Waals surface area contributed by atoms with Crippen molar-refractivity contribution < 1.29 is 13.6 Å². The molecule has 1 aliphatic rings. The van der Waals surface area contributed by atoms with Crippen molar-refractivity contribution >= 4 is 11.7 Å². The number of hydrogen-bond donors (Lipinski definition) is 1. The fourth-order valence-corrected chi connectivity index (χ4v) is 3.47. The summed E-state index contributed by atoms with van der Waals surface area (Å²) in [7, 11) is 0. The average Bonchev–Trinajstić information content (AvgIpc) is 3.12. The van der Waals surface area contributed by atoms with E-state index < -0.39 is 0 Å². The van der Waals surface area contributed by atoms with Gasteiger partial charge in [0.15, 0.2) is 0 Å². The van der Waals surface area contributed by atoms with E-state index in [1.807, 2.05) is 37.3 Å². The van der Waals surface area contributed by atoms with Crippen LogP contribution in [-0.4, -0.2) is 47.0 Å². The predicted octanol–water partition coefficient (Wildman–Crippen LogP) is 4.45. The van der Waals surface area contributed by atoms with Crippen molar-refractivity contribution in [1.29, 1.82) is 0 Å². The molecule has 7 heteroatoms. The fourth-order valence-electron chi connectivity index (χ4n) is 3.47. The van der Waals surface area contributed by atoms with Crippen LogP contribution in [0.5, 0.6) is 0 Å². The molecule has 0 saturated carbocycles. The molecule has 1 fully saturated rings. The van der Waals surface area contributed by atoms with Gasteiger partial charge in [-0.25, -0.2) is 14.2 Å². The largest absolute Gasteiger partial charge is 0.441 e. The van der Waals surface area contributed by atoms with Crippen LogP contribution < -0.4 is 5.32 Å². The van der Waals surface area contributed by atoms with Crippen LogP contribution in [0.4, 0.5) is 14.9 Å². The summed E-state index contributed by atoms with van der Waals surface area (Å²) >= 11 is 0. The maximum absolute atomic E-state index is 13.7. The van der Waals surface area contributed by atoms with E-state index in [4.69, 9.17) is 4.42 Å². The Hall–Kier alpha value is -3.19. The number of benzene rings is 2. The standard InChI is InChI=1S/C23H25FN4O2/c1-16-8-9-19(14-20(16)24)25-23(29)28-12-10-27(11-13-28)15-21-17(2)30-22(26-21)18-6-4-3-5-7-18/h3-9,14H,10-13,15H2,1-2H3,(H,25,29). The van der Waals surface area contributed by atoms with E-state index in [0.29, 0.717) is 36.8 Å². The average molecular weight is 408 g/mol. The molecular weight excluding hydrogens is 383 g/mol. The van der Waals surface area contributed by atoms with Gasteiger partial charge in [0.25, 0.3) is 0 Å². The lowest BCUT2D eigenvalue weighted by molar-refractivity contribution is 0.141. The van der Waals surface area contributed by atoms with Crippen molar-refractivity contribution in [3.8, 4) is 11.5 Å². The number of aryl methyl sites for hydroxylation is 2. The Balaban J connectivity index is 1.32. The summed E-state index contributed by atoms with van der Waals surface area (Å²) in [5.74, 6) is 1.12. The van der Waals surface area contributed by atoms with Crippen molar-refractivity contribution in [3.63, 3.8) is 0 Å². The van der Waals surface area contributed by atoms with Gasteiger partial charge in [0.2, 0.25) is 5.89 Å². The molecule has 0 radical (unpaired) electrons.